The van der Waals surface area contributed by atoms with E-state index < -0.39 is 11.8 Å². The molecular weight excluding hydrogens is 240 g/mol. The Balaban J connectivity index is 2.26. The van der Waals surface area contributed by atoms with Crippen molar-refractivity contribution in [2.45, 2.75) is 6.92 Å². The SMILES string of the molecule is CC1C(=O)N(c2ccc(Cl)cc2)CC1C(N)=O. The molecule has 1 aromatic carbocycles. The summed E-state index contributed by atoms with van der Waals surface area (Å²) in [5, 5.41) is 0.611. The number of nitrogens with two attached hydrogens (primary N) is 1. The van der Waals surface area contributed by atoms with E-state index in [0.717, 1.165) is 5.69 Å². The highest BCUT2D eigenvalue weighted by Gasteiger charge is 2.40. The first kappa shape index (κ1) is 11.9. The van der Waals surface area contributed by atoms with Crippen LogP contribution in [0.2, 0.25) is 5.02 Å². The maximum Gasteiger partial charge on any atom is 0.230 e. The number of anilines is 1. The summed E-state index contributed by atoms with van der Waals surface area (Å²) < 4.78 is 0. The lowest BCUT2D eigenvalue weighted by atomic mass is 9.97. The van der Waals surface area contributed by atoms with Crippen LogP contribution in [0, 0.1) is 11.8 Å². The summed E-state index contributed by atoms with van der Waals surface area (Å²) in [6.45, 7) is 2.07. The third kappa shape index (κ3) is 2.13. The highest BCUT2D eigenvalue weighted by molar-refractivity contribution is 6.30. The normalized spacial score (nSPS) is 24.1. The largest absolute Gasteiger partial charge is 0.369 e. The zero-order valence-corrected chi connectivity index (χ0v) is 10.1. The summed E-state index contributed by atoms with van der Waals surface area (Å²) in [6, 6.07) is 6.95. The van der Waals surface area contributed by atoms with Gasteiger partial charge in [0.05, 0.1) is 5.92 Å². The van der Waals surface area contributed by atoms with Crippen LogP contribution in [-0.4, -0.2) is 18.4 Å². The van der Waals surface area contributed by atoms with Crippen LogP contribution >= 0.6 is 11.6 Å². The number of nitrogens with zero attached hydrogens (tertiary/aromatic N) is 1. The van der Waals surface area contributed by atoms with Gasteiger partial charge in [0.15, 0.2) is 0 Å². The lowest BCUT2D eigenvalue weighted by Gasteiger charge is -2.16. The van der Waals surface area contributed by atoms with Gasteiger partial charge in [0.2, 0.25) is 11.8 Å². The third-order valence-corrected chi connectivity index (χ3v) is 3.39. The smallest absolute Gasteiger partial charge is 0.230 e. The number of halogens is 1. The Bertz CT molecular complexity index is 458. The van der Waals surface area contributed by atoms with E-state index in [1.807, 2.05) is 0 Å². The summed E-state index contributed by atoms with van der Waals surface area (Å²) in [5.41, 5.74) is 6.02. The van der Waals surface area contributed by atoms with Crippen molar-refractivity contribution in [3.63, 3.8) is 0 Å². The Hall–Kier alpha value is -1.55. The Morgan fingerprint density at radius 3 is 2.47 bits per heavy atom. The highest BCUT2D eigenvalue weighted by Crippen LogP contribution is 2.29. The third-order valence-electron chi connectivity index (χ3n) is 3.14. The van der Waals surface area contributed by atoms with Crippen LogP contribution in [0.15, 0.2) is 24.3 Å². The van der Waals surface area contributed by atoms with Gasteiger partial charge in [-0.15, -0.1) is 0 Å². The molecule has 0 radical (unpaired) electrons. The first-order valence-electron chi connectivity index (χ1n) is 5.37. The predicted octanol–water partition coefficient (Wildman–Crippen LogP) is 1.42. The lowest BCUT2D eigenvalue weighted by molar-refractivity contribution is -0.126. The summed E-state index contributed by atoms with van der Waals surface area (Å²) in [4.78, 5) is 24.8. The molecule has 5 heteroatoms. The first-order valence-corrected chi connectivity index (χ1v) is 5.74. The zero-order valence-electron chi connectivity index (χ0n) is 9.39. The molecule has 0 saturated carbocycles. The van der Waals surface area contributed by atoms with E-state index in [1.54, 1.807) is 36.1 Å². The molecule has 1 fully saturated rings. The van der Waals surface area contributed by atoms with Gasteiger partial charge >= 0.3 is 0 Å². The van der Waals surface area contributed by atoms with Gasteiger partial charge in [-0.1, -0.05) is 18.5 Å². The van der Waals surface area contributed by atoms with Crippen molar-refractivity contribution in [1.82, 2.24) is 0 Å². The van der Waals surface area contributed by atoms with E-state index in [9.17, 15) is 9.59 Å². The predicted molar refractivity (Wildman–Crippen MR) is 65.7 cm³/mol. The van der Waals surface area contributed by atoms with Crippen molar-refractivity contribution >= 4 is 29.1 Å². The number of carbonyl (C=O) groups excluding carboxylic acids is 2. The molecule has 2 amide bonds. The van der Waals surface area contributed by atoms with Gasteiger partial charge in [-0.05, 0) is 24.3 Å². The molecule has 2 N–H and O–H groups in total. The summed E-state index contributed by atoms with van der Waals surface area (Å²) in [7, 11) is 0. The molecule has 4 nitrogen and oxygen atoms in total. The Labute approximate surface area is 104 Å². The van der Waals surface area contributed by atoms with E-state index >= 15 is 0 Å². The van der Waals surface area contributed by atoms with Crippen molar-refractivity contribution in [2.24, 2.45) is 17.6 Å². The van der Waals surface area contributed by atoms with Crippen LogP contribution in [0.3, 0.4) is 0 Å². The summed E-state index contributed by atoms with van der Waals surface area (Å²) in [5.74, 6) is -1.28. The number of rotatable bonds is 2. The van der Waals surface area contributed by atoms with Crippen LogP contribution in [0.4, 0.5) is 5.69 Å². The summed E-state index contributed by atoms with van der Waals surface area (Å²) in [6.07, 6.45) is 0. The summed E-state index contributed by atoms with van der Waals surface area (Å²) >= 11 is 5.78. The van der Waals surface area contributed by atoms with Crippen LogP contribution in [-0.2, 0) is 9.59 Å². The fourth-order valence-electron chi connectivity index (χ4n) is 2.05. The molecule has 0 bridgehead atoms. The van der Waals surface area contributed by atoms with Crippen LogP contribution < -0.4 is 10.6 Å². The van der Waals surface area contributed by atoms with E-state index in [0.29, 0.717) is 11.6 Å². The van der Waals surface area contributed by atoms with Gasteiger partial charge in [-0.2, -0.15) is 0 Å². The lowest BCUT2D eigenvalue weighted by Crippen LogP contribution is -2.29. The van der Waals surface area contributed by atoms with E-state index in [4.69, 9.17) is 17.3 Å². The quantitative estimate of drug-likeness (QED) is 0.865. The number of hydrogen-bond acceptors (Lipinski definition) is 2. The maximum atomic E-state index is 12.0. The van der Waals surface area contributed by atoms with E-state index in [-0.39, 0.29) is 11.8 Å². The second-order valence-corrected chi connectivity index (χ2v) is 4.66. The number of primary amides is 1. The van der Waals surface area contributed by atoms with Gasteiger partial charge in [-0.3, -0.25) is 9.59 Å². The van der Waals surface area contributed by atoms with Gasteiger partial charge in [0.1, 0.15) is 0 Å². The molecule has 1 heterocycles. The van der Waals surface area contributed by atoms with Crippen molar-refractivity contribution in [3.8, 4) is 0 Å². The Morgan fingerprint density at radius 1 is 1.41 bits per heavy atom. The second-order valence-electron chi connectivity index (χ2n) is 4.22. The highest BCUT2D eigenvalue weighted by atomic mass is 35.5. The molecule has 0 spiro atoms. The van der Waals surface area contributed by atoms with Crippen molar-refractivity contribution < 1.29 is 9.59 Å². The van der Waals surface area contributed by atoms with Gasteiger partial charge in [0.25, 0.3) is 0 Å². The van der Waals surface area contributed by atoms with Gasteiger partial charge < -0.3 is 10.6 Å². The number of benzene rings is 1. The number of hydrogen-bond donors (Lipinski definition) is 1. The minimum Gasteiger partial charge on any atom is -0.369 e. The minimum absolute atomic E-state index is 0.0730. The average Bonchev–Trinajstić information content (AvgIpc) is 2.58. The molecular formula is C12H13ClN2O2. The van der Waals surface area contributed by atoms with Gasteiger partial charge in [0, 0.05) is 23.2 Å². The molecule has 1 aliphatic rings. The molecule has 90 valence electrons. The average molecular weight is 253 g/mol. The van der Waals surface area contributed by atoms with Crippen molar-refractivity contribution in [1.29, 1.82) is 0 Å². The Morgan fingerprint density at radius 2 is 2.00 bits per heavy atom. The minimum atomic E-state index is -0.428. The molecule has 1 aliphatic heterocycles. The van der Waals surface area contributed by atoms with E-state index in [1.165, 1.54) is 0 Å². The van der Waals surface area contributed by atoms with E-state index in [2.05, 4.69) is 0 Å². The monoisotopic (exact) mass is 252 g/mol. The van der Waals surface area contributed by atoms with Crippen molar-refractivity contribution in [3.05, 3.63) is 29.3 Å². The molecule has 0 aliphatic carbocycles. The fourth-order valence-corrected chi connectivity index (χ4v) is 2.18. The maximum absolute atomic E-state index is 12.0. The molecule has 17 heavy (non-hydrogen) atoms. The molecule has 2 unspecified atom stereocenters. The second kappa shape index (κ2) is 4.37. The van der Waals surface area contributed by atoms with Crippen LogP contribution in [0.5, 0.6) is 0 Å². The zero-order chi connectivity index (χ0) is 12.6. The Kier molecular flexibility index (Phi) is 3.07. The molecule has 2 atom stereocenters. The molecule has 0 aromatic heterocycles. The topological polar surface area (TPSA) is 63.4 Å². The first-order chi connectivity index (χ1) is 8.00. The van der Waals surface area contributed by atoms with Crippen molar-refractivity contribution in [2.75, 3.05) is 11.4 Å². The fraction of sp³-hybridized carbons (Fsp3) is 0.333. The van der Waals surface area contributed by atoms with Crippen LogP contribution in [0.25, 0.3) is 0 Å². The number of carbonyl (C=O) groups is 2. The standard InChI is InChI=1S/C12H13ClN2O2/c1-7-10(11(14)16)6-15(12(7)17)9-4-2-8(13)3-5-9/h2-5,7,10H,6H2,1H3,(H2,14,16). The van der Waals surface area contributed by atoms with Gasteiger partial charge in [-0.25, -0.2) is 0 Å². The number of amides is 2. The van der Waals surface area contributed by atoms with Crippen LogP contribution in [0.1, 0.15) is 6.92 Å². The molecule has 2 rings (SSSR count). The molecule has 1 aromatic rings. The molecule has 1 saturated heterocycles.